The van der Waals surface area contributed by atoms with Gasteiger partial charge in [-0.3, -0.25) is 37.3 Å². The second-order valence-corrected chi connectivity index (χ2v) is 31.5. The number of phosphoric acid groups is 2. The SMILES string of the molecule is CCC(C)CCCCCCCCCCCCC(=O)O[C@H](COC(=O)CCCCCCCCC(C)CC)COP(=O)(O)OC[C@H](O)COP(=O)(O)OC[C@@H](COC(=O)CCCCCCCCCCCCCCCCCCCCC(C)C)OC(=O)CCCCCCCCC(C)CC. The Morgan fingerprint density at radius 3 is 0.747 bits per heavy atom. The largest absolute Gasteiger partial charge is 0.472 e. The van der Waals surface area contributed by atoms with Crippen molar-refractivity contribution in [3.05, 3.63) is 0 Å². The maximum Gasteiger partial charge on any atom is 0.472 e. The zero-order valence-corrected chi connectivity index (χ0v) is 64.1. The zero-order chi connectivity index (χ0) is 70.3. The van der Waals surface area contributed by atoms with Crippen molar-refractivity contribution in [2.24, 2.45) is 23.7 Å². The Labute approximate surface area is 581 Å². The molecule has 0 aromatic rings. The fraction of sp³-hybridized carbons (Fsp3) is 0.947. The standard InChI is InChI=1S/C76H148O17P2/c1-9-67(6)53-45-37-29-25-22-23-27-31-42-50-58-75(80)92-71(63-87-74(79)57-49-41-34-32-38-46-54-68(7)10-2)64-90-94(82,83)88-60-70(77)61-89-95(84,85)91-65-72(93-76(81)59-51-43-35-33-39-47-55-69(8)11-3)62-86-73(78)56-48-40-30-26-21-19-17-15-13-12-14-16-18-20-24-28-36-44-52-66(4)5/h66-72,77H,9-65H2,1-8H3,(H,82,83)(H,84,85)/t67?,68?,69?,70-,71+,72+/m0/s1. The van der Waals surface area contributed by atoms with E-state index in [4.69, 9.17) is 37.0 Å². The van der Waals surface area contributed by atoms with Crippen LogP contribution in [0.5, 0.6) is 0 Å². The molecule has 0 heterocycles. The van der Waals surface area contributed by atoms with E-state index in [1.54, 1.807) is 0 Å². The molecule has 0 aliphatic heterocycles. The van der Waals surface area contributed by atoms with Gasteiger partial charge in [0.2, 0.25) is 0 Å². The van der Waals surface area contributed by atoms with Crippen LogP contribution in [0, 0.1) is 23.7 Å². The van der Waals surface area contributed by atoms with Gasteiger partial charge in [-0.15, -0.1) is 0 Å². The van der Waals surface area contributed by atoms with Crippen LogP contribution in [-0.2, 0) is 65.4 Å². The molecule has 0 bridgehead atoms. The van der Waals surface area contributed by atoms with Crippen molar-refractivity contribution in [3.8, 4) is 0 Å². The number of phosphoric ester groups is 2. The summed E-state index contributed by atoms with van der Waals surface area (Å²) in [6.45, 7) is 14.2. The molecule has 0 fully saturated rings. The van der Waals surface area contributed by atoms with Gasteiger partial charge in [0.25, 0.3) is 0 Å². The first-order chi connectivity index (χ1) is 45.7. The first-order valence-electron chi connectivity index (χ1n) is 39.3. The Morgan fingerprint density at radius 2 is 0.505 bits per heavy atom. The second-order valence-electron chi connectivity index (χ2n) is 28.6. The van der Waals surface area contributed by atoms with E-state index in [0.717, 1.165) is 120 Å². The molecule has 0 aliphatic carbocycles. The highest BCUT2D eigenvalue weighted by atomic mass is 31.2. The molecule has 0 rings (SSSR count). The molecule has 0 radical (unpaired) electrons. The normalized spacial score (nSPS) is 15.0. The van der Waals surface area contributed by atoms with Crippen LogP contribution in [0.3, 0.4) is 0 Å². The lowest BCUT2D eigenvalue weighted by Crippen LogP contribution is -2.30. The quantitative estimate of drug-likeness (QED) is 0.0222. The summed E-state index contributed by atoms with van der Waals surface area (Å²) >= 11 is 0. The van der Waals surface area contributed by atoms with E-state index in [-0.39, 0.29) is 25.7 Å². The van der Waals surface area contributed by atoms with Crippen LogP contribution >= 0.6 is 15.6 Å². The minimum absolute atomic E-state index is 0.103. The fourth-order valence-electron chi connectivity index (χ4n) is 11.5. The Hall–Kier alpha value is -1.94. The van der Waals surface area contributed by atoms with Crippen LogP contribution in [0.4, 0.5) is 0 Å². The highest BCUT2D eigenvalue weighted by molar-refractivity contribution is 7.47. The summed E-state index contributed by atoms with van der Waals surface area (Å²) in [6, 6.07) is 0. The first kappa shape index (κ1) is 93.1. The van der Waals surface area contributed by atoms with Crippen molar-refractivity contribution in [2.45, 2.75) is 401 Å². The predicted molar refractivity (Wildman–Crippen MR) is 386 cm³/mol. The summed E-state index contributed by atoms with van der Waals surface area (Å²) < 4.78 is 68.4. The van der Waals surface area contributed by atoms with Gasteiger partial charge in [0, 0.05) is 25.7 Å². The van der Waals surface area contributed by atoms with Gasteiger partial charge in [-0.25, -0.2) is 9.13 Å². The third-order valence-corrected chi connectivity index (χ3v) is 20.6. The number of esters is 4. The lowest BCUT2D eigenvalue weighted by Gasteiger charge is -2.21. The van der Waals surface area contributed by atoms with Crippen LogP contribution in [0.25, 0.3) is 0 Å². The number of hydrogen-bond acceptors (Lipinski definition) is 15. The maximum absolute atomic E-state index is 13.1. The summed E-state index contributed by atoms with van der Waals surface area (Å²) in [5.74, 6) is 0.951. The number of unbranched alkanes of at least 4 members (excludes halogenated alkanes) is 36. The summed E-state index contributed by atoms with van der Waals surface area (Å²) in [4.78, 5) is 72.7. The minimum atomic E-state index is -4.96. The van der Waals surface area contributed by atoms with E-state index in [2.05, 4.69) is 55.4 Å². The molecule has 19 heteroatoms. The van der Waals surface area contributed by atoms with E-state index >= 15 is 0 Å². The van der Waals surface area contributed by atoms with Crippen molar-refractivity contribution in [1.29, 1.82) is 0 Å². The van der Waals surface area contributed by atoms with Gasteiger partial charge in [0.1, 0.15) is 19.3 Å². The first-order valence-corrected chi connectivity index (χ1v) is 42.3. The molecular formula is C76H148O17P2. The zero-order valence-electron chi connectivity index (χ0n) is 62.3. The Morgan fingerprint density at radius 1 is 0.295 bits per heavy atom. The van der Waals surface area contributed by atoms with Crippen molar-refractivity contribution in [1.82, 2.24) is 0 Å². The number of aliphatic hydroxyl groups excluding tert-OH is 1. The third kappa shape index (κ3) is 66.4. The lowest BCUT2D eigenvalue weighted by atomic mass is 9.99. The summed E-state index contributed by atoms with van der Waals surface area (Å²) in [5, 5.41) is 10.6. The molecule has 8 atom stereocenters. The molecule has 95 heavy (non-hydrogen) atoms. The molecular weight excluding hydrogens is 1250 g/mol. The molecule has 17 nitrogen and oxygen atoms in total. The van der Waals surface area contributed by atoms with Crippen LogP contribution in [0.2, 0.25) is 0 Å². The van der Waals surface area contributed by atoms with Crippen molar-refractivity contribution in [3.63, 3.8) is 0 Å². The molecule has 3 N–H and O–H groups in total. The van der Waals surface area contributed by atoms with Crippen molar-refractivity contribution >= 4 is 39.5 Å². The number of ether oxygens (including phenoxy) is 4. The van der Waals surface area contributed by atoms with Gasteiger partial charge in [0.15, 0.2) is 12.2 Å². The van der Waals surface area contributed by atoms with Crippen molar-refractivity contribution < 1.29 is 80.2 Å². The van der Waals surface area contributed by atoms with Gasteiger partial charge in [-0.2, -0.15) is 0 Å². The number of rotatable bonds is 73. The van der Waals surface area contributed by atoms with E-state index in [1.165, 1.54) is 180 Å². The average molecular weight is 1400 g/mol. The number of hydrogen-bond donors (Lipinski definition) is 3. The van der Waals surface area contributed by atoms with Crippen LogP contribution in [-0.4, -0.2) is 96.7 Å². The molecule has 0 aromatic carbocycles. The topological polar surface area (TPSA) is 237 Å². The van der Waals surface area contributed by atoms with Crippen LogP contribution < -0.4 is 0 Å². The lowest BCUT2D eigenvalue weighted by molar-refractivity contribution is -0.161. The van der Waals surface area contributed by atoms with Gasteiger partial charge < -0.3 is 33.8 Å². The van der Waals surface area contributed by atoms with E-state index in [0.29, 0.717) is 25.7 Å². The summed E-state index contributed by atoms with van der Waals surface area (Å²) in [7, 11) is -9.91. The fourth-order valence-corrected chi connectivity index (χ4v) is 13.0. The Balaban J connectivity index is 5.16. The maximum atomic E-state index is 13.1. The van der Waals surface area contributed by atoms with E-state index in [1.807, 2.05) is 0 Å². The number of carbonyl (C=O) groups excluding carboxylic acids is 4. The van der Waals surface area contributed by atoms with Crippen LogP contribution in [0.15, 0.2) is 0 Å². The third-order valence-electron chi connectivity index (χ3n) is 18.7. The average Bonchev–Trinajstić information content (AvgIpc) is 3.62. The van der Waals surface area contributed by atoms with E-state index < -0.39 is 97.5 Å². The molecule has 0 spiro atoms. The minimum Gasteiger partial charge on any atom is -0.462 e. The smallest absolute Gasteiger partial charge is 0.462 e. The Bertz CT molecular complexity index is 1870. The second kappa shape index (κ2) is 65.4. The van der Waals surface area contributed by atoms with Gasteiger partial charge in [-0.1, -0.05) is 331 Å². The van der Waals surface area contributed by atoms with Gasteiger partial charge in [-0.05, 0) is 49.4 Å². The van der Waals surface area contributed by atoms with Crippen LogP contribution in [0.1, 0.15) is 383 Å². The molecule has 0 aromatic heterocycles. The predicted octanol–water partition coefficient (Wildman–Crippen LogP) is 22.0. The van der Waals surface area contributed by atoms with Gasteiger partial charge in [0.05, 0.1) is 26.4 Å². The summed E-state index contributed by atoms with van der Waals surface area (Å²) in [6.07, 6.45) is 50.1. The number of carbonyl (C=O) groups is 4. The van der Waals surface area contributed by atoms with E-state index in [9.17, 15) is 43.2 Å². The van der Waals surface area contributed by atoms with Gasteiger partial charge >= 0.3 is 39.5 Å². The molecule has 0 amide bonds. The monoisotopic (exact) mass is 1400 g/mol. The van der Waals surface area contributed by atoms with Crippen molar-refractivity contribution in [2.75, 3.05) is 39.6 Å². The molecule has 0 aliphatic rings. The molecule has 0 saturated heterocycles. The molecule has 564 valence electrons. The molecule has 0 saturated carbocycles. The molecule has 5 unspecified atom stereocenters. The Kier molecular flexibility index (Phi) is 64.0. The highest BCUT2D eigenvalue weighted by Gasteiger charge is 2.30. The number of aliphatic hydroxyl groups is 1. The summed E-state index contributed by atoms with van der Waals surface area (Å²) in [5.41, 5.74) is 0. The highest BCUT2D eigenvalue weighted by Crippen LogP contribution is 2.45.